The van der Waals surface area contributed by atoms with E-state index in [0.29, 0.717) is 39.0 Å². The average Bonchev–Trinajstić information content (AvgIpc) is 2.60. The smallest absolute Gasteiger partial charge is 0.379 e. The Morgan fingerprint density at radius 1 is 1.00 bits per heavy atom. The minimum atomic E-state index is -2.61. The second kappa shape index (κ2) is 13.5. The predicted molar refractivity (Wildman–Crippen MR) is 98.7 cm³/mol. The highest BCUT2D eigenvalue weighted by Crippen LogP contribution is 2.17. The Hall–Kier alpha value is -0.713. The zero-order valence-corrected chi connectivity index (χ0v) is 17.0. The van der Waals surface area contributed by atoms with Crippen molar-refractivity contribution in [2.24, 2.45) is 0 Å². The molecule has 1 heterocycles. The summed E-state index contributed by atoms with van der Waals surface area (Å²) in [4.78, 5) is 14.1. The van der Waals surface area contributed by atoms with E-state index >= 15 is 0 Å². The van der Waals surface area contributed by atoms with Crippen molar-refractivity contribution in [3.8, 4) is 0 Å². The van der Waals surface area contributed by atoms with Crippen molar-refractivity contribution in [2.75, 3.05) is 65.8 Å². The van der Waals surface area contributed by atoms with Crippen LogP contribution in [0.5, 0.6) is 0 Å². The normalized spacial score (nSPS) is 16.0. The lowest BCUT2D eigenvalue weighted by Crippen LogP contribution is -2.47. The highest BCUT2D eigenvalue weighted by atomic mass is 28.4. The van der Waals surface area contributed by atoms with Crippen molar-refractivity contribution in [1.82, 2.24) is 15.5 Å². The van der Waals surface area contributed by atoms with E-state index in [4.69, 9.17) is 18.0 Å². The summed E-state index contributed by atoms with van der Waals surface area (Å²) in [6, 6.07) is 0.570. The van der Waals surface area contributed by atoms with E-state index in [1.165, 1.54) is 0 Å². The van der Waals surface area contributed by atoms with Crippen molar-refractivity contribution in [1.29, 1.82) is 0 Å². The number of urea groups is 1. The molecule has 2 amide bonds. The number of carbonyl (C=O) groups excluding carboxylic acids is 1. The summed E-state index contributed by atoms with van der Waals surface area (Å²) in [5.74, 6) is 0. The third-order valence-electron chi connectivity index (χ3n) is 3.86. The molecule has 0 saturated carbocycles. The fraction of sp³-hybridized carbons (Fsp3) is 0.938. The number of hydrogen-bond donors (Lipinski definition) is 2. The first-order valence-electron chi connectivity index (χ1n) is 9.39. The largest absolute Gasteiger partial charge is 0.500 e. The molecule has 0 aromatic rings. The van der Waals surface area contributed by atoms with Crippen LogP contribution in [-0.2, 0) is 18.0 Å². The number of nitrogens with zero attached hydrogens (tertiary/aromatic N) is 1. The number of rotatable bonds is 13. The first kappa shape index (κ1) is 22.3. The Balaban J connectivity index is 2.17. The van der Waals surface area contributed by atoms with Gasteiger partial charge < -0.3 is 28.6 Å². The molecule has 0 aromatic carbocycles. The van der Waals surface area contributed by atoms with Gasteiger partial charge in [-0.15, -0.1) is 0 Å². The van der Waals surface area contributed by atoms with Crippen molar-refractivity contribution in [2.45, 2.75) is 33.2 Å². The molecule has 2 N–H and O–H groups in total. The molecule has 1 aliphatic heterocycles. The highest BCUT2D eigenvalue weighted by Gasteiger charge is 2.39. The zero-order valence-electron chi connectivity index (χ0n) is 16.0. The maximum atomic E-state index is 11.8. The molecule has 8 nitrogen and oxygen atoms in total. The molecule has 0 atom stereocenters. The fourth-order valence-electron chi connectivity index (χ4n) is 2.72. The van der Waals surface area contributed by atoms with Crippen LogP contribution in [0, 0.1) is 0 Å². The second-order valence-corrected chi connectivity index (χ2v) is 8.45. The van der Waals surface area contributed by atoms with E-state index in [1.807, 2.05) is 20.8 Å². The second-order valence-electron chi connectivity index (χ2n) is 5.72. The molecule has 0 bridgehead atoms. The Bertz CT molecular complexity index is 340. The molecule has 1 saturated heterocycles. The Kier molecular flexibility index (Phi) is 12.0. The van der Waals surface area contributed by atoms with Crippen LogP contribution >= 0.6 is 0 Å². The van der Waals surface area contributed by atoms with E-state index in [0.717, 1.165) is 39.3 Å². The molecule has 0 spiro atoms. The molecule has 1 fully saturated rings. The SMILES string of the molecule is CCO[Si](CCCNC(=O)NCCN1CCOCC1)(OCC)OCC. The summed E-state index contributed by atoms with van der Waals surface area (Å²) in [7, 11) is -2.61. The van der Waals surface area contributed by atoms with Gasteiger partial charge in [-0.25, -0.2) is 4.79 Å². The van der Waals surface area contributed by atoms with Gasteiger partial charge >= 0.3 is 14.8 Å². The lowest BCUT2D eigenvalue weighted by Gasteiger charge is -2.28. The molecule has 1 rings (SSSR count). The summed E-state index contributed by atoms with van der Waals surface area (Å²) in [5, 5.41) is 5.77. The van der Waals surface area contributed by atoms with E-state index in [1.54, 1.807) is 0 Å². The molecular weight excluding hydrogens is 342 g/mol. The Labute approximate surface area is 152 Å². The first-order chi connectivity index (χ1) is 12.2. The van der Waals surface area contributed by atoms with Gasteiger partial charge in [0.25, 0.3) is 0 Å². The van der Waals surface area contributed by atoms with E-state index < -0.39 is 8.80 Å². The summed E-state index contributed by atoms with van der Waals surface area (Å²) in [6.07, 6.45) is 0.767. The number of amides is 2. The molecule has 148 valence electrons. The molecule has 25 heavy (non-hydrogen) atoms. The molecule has 0 aliphatic carbocycles. The van der Waals surface area contributed by atoms with Gasteiger partial charge in [-0.05, 0) is 27.2 Å². The van der Waals surface area contributed by atoms with Crippen LogP contribution in [0.25, 0.3) is 0 Å². The van der Waals surface area contributed by atoms with Gasteiger partial charge in [0.15, 0.2) is 0 Å². The molecule has 0 radical (unpaired) electrons. The van der Waals surface area contributed by atoms with Crippen molar-refractivity contribution >= 4 is 14.8 Å². The van der Waals surface area contributed by atoms with Gasteiger partial charge in [0.2, 0.25) is 0 Å². The number of morpholine rings is 1. The minimum Gasteiger partial charge on any atom is -0.379 e. The monoisotopic (exact) mass is 377 g/mol. The summed E-state index contributed by atoms with van der Waals surface area (Å²) < 4.78 is 22.7. The topological polar surface area (TPSA) is 81.3 Å². The van der Waals surface area contributed by atoms with Gasteiger partial charge in [-0.1, -0.05) is 0 Å². The molecule has 9 heteroatoms. The average molecular weight is 378 g/mol. The molecule has 1 aliphatic rings. The van der Waals surface area contributed by atoms with Gasteiger partial charge in [-0.2, -0.15) is 0 Å². The molecule has 0 unspecified atom stereocenters. The number of hydrogen-bond acceptors (Lipinski definition) is 6. The van der Waals surface area contributed by atoms with Crippen LogP contribution in [-0.4, -0.2) is 85.5 Å². The lowest BCUT2D eigenvalue weighted by molar-refractivity contribution is 0.0387. The van der Waals surface area contributed by atoms with Gasteiger partial charge in [0.1, 0.15) is 0 Å². The third kappa shape index (κ3) is 9.52. The maximum Gasteiger partial charge on any atom is 0.500 e. The van der Waals surface area contributed by atoms with Crippen LogP contribution in [0.4, 0.5) is 4.79 Å². The Morgan fingerprint density at radius 3 is 2.12 bits per heavy atom. The lowest BCUT2D eigenvalue weighted by atomic mass is 10.4. The van der Waals surface area contributed by atoms with Crippen LogP contribution in [0.15, 0.2) is 0 Å². The quantitative estimate of drug-likeness (QED) is 0.369. The van der Waals surface area contributed by atoms with E-state index in [-0.39, 0.29) is 6.03 Å². The Morgan fingerprint density at radius 2 is 1.56 bits per heavy atom. The summed E-state index contributed by atoms with van der Waals surface area (Å²) >= 11 is 0. The van der Waals surface area contributed by atoms with Crippen LogP contribution < -0.4 is 10.6 Å². The van der Waals surface area contributed by atoms with Crippen molar-refractivity contribution in [3.05, 3.63) is 0 Å². The van der Waals surface area contributed by atoms with Crippen molar-refractivity contribution < 1.29 is 22.8 Å². The molecule has 0 aromatic heterocycles. The summed E-state index contributed by atoms with van der Waals surface area (Å²) in [6.45, 7) is 13.0. The first-order valence-corrected chi connectivity index (χ1v) is 11.3. The number of ether oxygens (including phenoxy) is 1. The minimum absolute atomic E-state index is 0.134. The van der Waals surface area contributed by atoms with Crippen LogP contribution in [0.3, 0.4) is 0 Å². The van der Waals surface area contributed by atoms with Crippen molar-refractivity contribution in [3.63, 3.8) is 0 Å². The fourth-order valence-corrected chi connectivity index (χ4v) is 5.34. The highest BCUT2D eigenvalue weighted by molar-refractivity contribution is 6.60. The predicted octanol–water partition coefficient (Wildman–Crippen LogP) is 1.06. The van der Waals surface area contributed by atoms with Gasteiger partial charge in [-0.3, -0.25) is 4.90 Å². The zero-order chi connectivity index (χ0) is 18.4. The number of nitrogens with one attached hydrogen (secondary N) is 2. The maximum absolute atomic E-state index is 11.8. The van der Waals surface area contributed by atoms with Crippen LogP contribution in [0.1, 0.15) is 27.2 Å². The number of carbonyl (C=O) groups is 1. The van der Waals surface area contributed by atoms with Gasteiger partial charge in [0.05, 0.1) is 13.2 Å². The van der Waals surface area contributed by atoms with Gasteiger partial charge in [0, 0.05) is 58.6 Å². The standard InChI is InChI=1S/C16H35N3O5Si/c1-4-22-25(23-5-2,24-6-3)15-7-8-17-16(20)18-9-10-19-11-13-21-14-12-19/h4-15H2,1-3H3,(H2,17,18,20). The van der Waals surface area contributed by atoms with Crippen LogP contribution in [0.2, 0.25) is 6.04 Å². The third-order valence-corrected chi connectivity index (χ3v) is 7.01. The molecular formula is C16H35N3O5Si. The summed E-state index contributed by atoms with van der Waals surface area (Å²) in [5.41, 5.74) is 0. The van der Waals surface area contributed by atoms with E-state index in [9.17, 15) is 4.79 Å². The van der Waals surface area contributed by atoms with E-state index in [2.05, 4.69) is 15.5 Å².